The summed E-state index contributed by atoms with van der Waals surface area (Å²) in [6, 6.07) is 10.3. The first-order valence-electron chi connectivity index (χ1n) is 10.2. The van der Waals surface area contributed by atoms with Gasteiger partial charge in [-0.15, -0.1) is 0 Å². The lowest BCUT2D eigenvalue weighted by Gasteiger charge is -2.23. The van der Waals surface area contributed by atoms with Gasteiger partial charge in [0.15, 0.2) is 5.11 Å². The van der Waals surface area contributed by atoms with Gasteiger partial charge < -0.3 is 20.3 Å². The molecule has 3 rings (SSSR count). The fourth-order valence-corrected chi connectivity index (χ4v) is 3.65. The molecule has 1 aromatic heterocycles. The number of thiocarbonyl (C=S) groups is 1. The zero-order chi connectivity index (χ0) is 20.5. The number of anilines is 1. The minimum absolute atomic E-state index is 0.606. The number of nitrogens with one attached hydrogen (secondary N) is 5. The van der Waals surface area contributed by atoms with E-state index in [1.54, 1.807) is 4.90 Å². The van der Waals surface area contributed by atoms with Crippen LogP contribution in [-0.2, 0) is 4.74 Å². The highest BCUT2D eigenvalue weighted by atomic mass is 32.1. The quantitative estimate of drug-likeness (QED) is 0.360. The van der Waals surface area contributed by atoms with Crippen LogP contribution in [0.5, 0.6) is 0 Å². The molecule has 0 saturated carbocycles. The lowest BCUT2D eigenvalue weighted by Crippen LogP contribution is -3.14. The summed E-state index contributed by atoms with van der Waals surface area (Å²) in [4.78, 5) is 4.92. The number of ether oxygens (including phenoxy) is 1. The van der Waals surface area contributed by atoms with Crippen molar-refractivity contribution in [1.29, 1.82) is 5.26 Å². The number of benzene rings is 1. The number of morpholine rings is 1. The van der Waals surface area contributed by atoms with E-state index in [-0.39, 0.29) is 0 Å². The Bertz CT molecular complexity index is 875. The highest BCUT2D eigenvalue weighted by Crippen LogP contribution is 2.17. The summed E-state index contributed by atoms with van der Waals surface area (Å²) >= 11 is 5.34. The third kappa shape index (κ3) is 6.53. The second-order valence-electron chi connectivity index (χ2n) is 7.34. The number of aromatic nitrogens is 1. The number of quaternary nitrogens is 1. The molecule has 0 aliphatic carbocycles. The molecule has 29 heavy (non-hydrogen) atoms. The molecule has 2 heterocycles. The summed E-state index contributed by atoms with van der Waals surface area (Å²) in [5.41, 5.74) is 2.78. The number of nitriles is 1. The number of rotatable bonds is 8. The second-order valence-corrected chi connectivity index (χ2v) is 7.74. The SMILES string of the molecule is Cc1ccc2[nH+]c(NCCNC(=S)NCCC[NH+]3CCOCC3)c(C#N)cc2c1. The highest BCUT2D eigenvalue weighted by molar-refractivity contribution is 7.80. The van der Waals surface area contributed by atoms with Crippen LogP contribution in [0.3, 0.4) is 0 Å². The first-order chi connectivity index (χ1) is 14.2. The molecule has 2 aromatic rings. The van der Waals surface area contributed by atoms with E-state index in [0.717, 1.165) is 62.5 Å². The largest absolute Gasteiger partial charge is 0.370 e. The standard InChI is InChI=1S/C21H28N6OS/c1-16-3-4-19-17(13-16)14-18(15-22)20(26-19)23-6-7-25-21(29)24-5-2-8-27-9-11-28-12-10-27/h3-4,13-14H,2,5-12H2,1H3,(H,23,26)(H2,24,25,29)/p+2. The zero-order valence-electron chi connectivity index (χ0n) is 16.9. The molecule has 1 aromatic carbocycles. The Labute approximate surface area is 177 Å². The Hall–Kier alpha value is -2.47. The minimum Gasteiger partial charge on any atom is -0.370 e. The van der Waals surface area contributed by atoms with Gasteiger partial charge in [-0.05, 0) is 37.3 Å². The van der Waals surface area contributed by atoms with Gasteiger partial charge in [0.25, 0.3) is 5.82 Å². The first kappa shape index (κ1) is 21.2. The van der Waals surface area contributed by atoms with Gasteiger partial charge in [0, 0.05) is 18.4 Å². The van der Waals surface area contributed by atoms with Gasteiger partial charge >= 0.3 is 0 Å². The number of fused-ring (bicyclic) bond motifs is 1. The van der Waals surface area contributed by atoms with Gasteiger partial charge in [0.1, 0.15) is 36.8 Å². The average Bonchev–Trinajstić information content (AvgIpc) is 2.74. The number of H-pyrrole nitrogens is 1. The van der Waals surface area contributed by atoms with Gasteiger partial charge in [0.2, 0.25) is 0 Å². The summed E-state index contributed by atoms with van der Waals surface area (Å²) < 4.78 is 5.38. The molecule has 5 N–H and O–H groups in total. The number of hydrogen-bond donors (Lipinski definition) is 4. The number of aryl methyl sites for hydroxylation is 1. The van der Waals surface area contributed by atoms with Crippen molar-refractivity contribution in [2.24, 2.45) is 0 Å². The highest BCUT2D eigenvalue weighted by Gasteiger charge is 2.13. The molecule has 1 aliphatic rings. The van der Waals surface area contributed by atoms with Crippen LogP contribution in [0.15, 0.2) is 24.3 Å². The first-order valence-corrected chi connectivity index (χ1v) is 10.6. The fourth-order valence-electron chi connectivity index (χ4n) is 3.45. The van der Waals surface area contributed by atoms with Crippen molar-refractivity contribution in [2.75, 3.05) is 57.8 Å². The van der Waals surface area contributed by atoms with Crippen LogP contribution in [-0.4, -0.2) is 57.6 Å². The van der Waals surface area contributed by atoms with Gasteiger partial charge in [-0.3, -0.25) is 5.32 Å². The molecular formula is C21H30N6OS+2. The van der Waals surface area contributed by atoms with Crippen molar-refractivity contribution < 1.29 is 14.6 Å². The average molecular weight is 415 g/mol. The Balaban J connectivity index is 1.37. The van der Waals surface area contributed by atoms with Gasteiger partial charge in [-0.2, -0.15) is 5.26 Å². The molecule has 0 unspecified atom stereocenters. The third-order valence-corrected chi connectivity index (χ3v) is 5.35. The molecule has 1 saturated heterocycles. The lowest BCUT2D eigenvalue weighted by atomic mass is 10.1. The summed E-state index contributed by atoms with van der Waals surface area (Å²) in [6.45, 7) is 9.34. The smallest absolute Gasteiger partial charge is 0.290 e. The number of nitrogens with zero attached hydrogens (tertiary/aromatic N) is 1. The summed E-state index contributed by atoms with van der Waals surface area (Å²) in [7, 11) is 0. The molecule has 0 spiro atoms. The van der Waals surface area contributed by atoms with E-state index < -0.39 is 0 Å². The van der Waals surface area contributed by atoms with Gasteiger partial charge in [0.05, 0.1) is 26.3 Å². The molecule has 8 heteroatoms. The zero-order valence-corrected chi connectivity index (χ0v) is 17.8. The molecule has 1 fully saturated rings. The van der Waals surface area contributed by atoms with Crippen molar-refractivity contribution in [3.8, 4) is 6.07 Å². The predicted molar refractivity (Wildman–Crippen MR) is 118 cm³/mol. The Morgan fingerprint density at radius 3 is 2.79 bits per heavy atom. The number of hydrogen-bond acceptors (Lipinski definition) is 4. The van der Waals surface area contributed by atoms with Crippen LogP contribution in [0.25, 0.3) is 10.9 Å². The van der Waals surface area contributed by atoms with Crippen LogP contribution in [0.2, 0.25) is 0 Å². The maximum absolute atomic E-state index is 9.44. The van der Waals surface area contributed by atoms with E-state index in [1.807, 2.05) is 19.1 Å². The van der Waals surface area contributed by atoms with E-state index >= 15 is 0 Å². The number of pyridine rings is 1. The van der Waals surface area contributed by atoms with Crippen molar-refractivity contribution in [3.63, 3.8) is 0 Å². The molecule has 1 aliphatic heterocycles. The van der Waals surface area contributed by atoms with Crippen LogP contribution < -0.4 is 25.8 Å². The van der Waals surface area contributed by atoms with E-state index in [2.05, 4.69) is 39.1 Å². The molecule has 0 amide bonds. The molecule has 7 nitrogen and oxygen atoms in total. The van der Waals surface area contributed by atoms with Gasteiger partial charge in [-0.1, -0.05) is 11.6 Å². The molecule has 154 valence electrons. The second kappa shape index (κ2) is 10.9. The van der Waals surface area contributed by atoms with Crippen LogP contribution in [0.4, 0.5) is 5.82 Å². The van der Waals surface area contributed by atoms with E-state index in [9.17, 15) is 5.26 Å². The van der Waals surface area contributed by atoms with Crippen molar-refractivity contribution in [1.82, 2.24) is 10.6 Å². The summed E-state index contributed by atoms with van der Waals surface area (Å²) in [5.74, 6) is 0.734. The van der Waals surface area contributed by atoms with E-state index in [4.69, 9.17) is 17.0 Å². The van der Waals surface area contributed by atoms with Gasteiger partial charge in [-0.25, -0.2) is 4.98 Å². The maximum atomic E-state index is 9.44. The molecule has 0 radical (unpaired) electrons. The van der Waals surface area contributed by atoms with Crippen LogP contribution in [0, 0.1) is 18.3 Å². The monoisotopic (exact) mass is 414 g/mol. The Kier molecular flexibility index (Phi) is 7.99. The molecule has 0 bridgehead atoms. The Morgan fingerprint density at radius 1 is 1.21 bits per heavy atom. The van der Waals surface area contributed by atoms with Crippen LogP contribution >= 0.6 is 12.2 Å². The minimum atomic E-state index is 0.606. The van der Waals surface area contributed by atoms with E-state index in [1.165, 1.54) is 5.56 Å². The van der Waals surface area contributed by atoms with Crippen LogP contribution in [0.1, 0.15) is 17.5 Å². The molecular weight excluding hydrogens is 384 g/mol. The third-order valence-electron chi connectivity index (χ3n) is 5.06. The lowest BCUT2D eigenvalue weighted by molar-refractivity contribution is -0.908. The fraction of sp³-hybridized carbons (Fsp3) is 0.476. The topological polar surface area (TPSA) is 87.7 Å². The van der Waals surface area contributed by atoms with Crippen molar-refractivity contribution in [2.45, 2.75) is 13.3 Å². The van der Waals surface area contributed by atoms with Crippen molar-refractivity contribution >= 4 is 34.1 Å². The molecule has 0 atom stereocenters. The normalized spacial score (nSPS) is 14.3. The predicted octanol–water partition coefficient (Wildman–Crippen LogP) is 0.0152. The Morgan fingerprint density at radius 2 is 2.00 bits per heavy atom. The number of aromatic amines is 1. The summed E-state index contributed by atoms with van der Waals surface area (Å²) in [5, 5.41) is 20.9. The van der Waals surface area contributed by atoms with E-state index in [0.29, 0.717) is 23.8 Å². The van der Waals surface area contributed by atoms with Crippen molar-refractivity contribution in [3.05, 3.63) is 35.4 Å². The maximum Gasteiger partial charge on any atom is 0.290 e. The summed E-state index contributed by atoms with van der Waals surface area (Å²) in [6.07, 6.45) is 1.09.